The van der Waals surface area contributed by atoms with Gasteiger partial charge in [-0.3, -0.25) is 0 Å². The maximum absolute atomic E-state index is 5.60. The van der Waals surface area contributed by atoms with Gasteiger partial charge in [0.15, 0.2) is 11.5 Å². The van der Waals surface area contributed by atoms with E-state index in [1.54, 1.807) is 21.3 Å². The largest absolute Gasteiger partial charge is 0.493 e. The van der Waals surface area contributed by atoms with Crippen LogP contribution in [0, 0.1) is 0 Å². The quantitative estimate of drug-likeness (QED) is 0.737. The van der Waals surface area contributed by atoms with Crippen molar-refractivity contribution in [1.82, 2.24) is 5.48 Å². The van der Waals surface area contributed by atoms with Crippen LogP contribution in [0.2, 0.25) is 0 Å². The van der Waals surface area contributed by atoms with Crippen LogP contribution in [0.1, 0.15) is 12.5 Å². The molecule has 1 N–H and O–H groups in total. The van der Waals surface area contributed by atoms with Gasteiger partial charge in [-0.1, -0.05) is 0 Å². The molecule has 5 nitrogen and oxygen atoms in total. The SMILES string of the molecule is CCOc1c(CNOC)ccc(OC)c1OC. The lowest BCUT2D eigenvalue weighted by Gasteiger charge is -2.16. The van der Waals surface area contributed by atoms with Crippen molar-refractivity contribution >= 4 is 0 Å². The number of hydrogen-bond donors (Lipinski definition) is 1. The molecule has 0 fully saturated rings. The van der Waals surface area contributed by atoms with E-state index in [1.165, 1.54) is 0 Å². The zero-order chi connectivity index (χ0) is 12.7. The average molecular weight is 241 g/mol. The number of benzene rings is 1. The molecule has 0 aliphatic carbocycles. The van der Waals surface area contributed by atoms with Crippen LogP contribution in [0.25, 0.3) is 0 Å². The molecule has 0 aromatic heterocycles. The molecule has 1 rings (SSSR count). The van der Waals surface area contributed by atoms with Crippen molar-refractivity contribution in [1.29, 1.82) is 0 Å². The van der Waals surface area contributed by atoms with E-state index >= 15 is 0 Å². The normalized spacial score (nSPS) is 10.1. The second kappa shape index (κ2) is 6.98. The Balaban J connectivity index is 3.11. The van der Waals surface area contributed by atoms with Crippen LogP contribution in [-0.4, -0.2) is 27.9 Å². The Morgan fingerprint density at radius 3 is 2.35 bits per heavy atom. The first-order chi connectivity index (χ1) is 8.28. The highest BCUT2D eigenvalue weighted by atomic mass is 16.6. The van der Waals surface area contributed by atoms with Gasteiger partial charge in [-0.15, -0.1) is 0 Å². The molecular formula is C12H19NO4. The van der Waals surface area contributed by atoms with Crippen molar-refractivity contribution in [3.05, 3.63) is 17.7 Å². The summed E-state index contributed by atoms with van der Waals surface area (Å²) in [7, 11) is 4.76. The first kappa shape index (κ1) is 13.6. The standard InChI is InChI=1S/C12H19NO4/c1-5-17-11-9(8-13-16-4)6-7-10(14-2)12(11)15-3/h6-7,13H,5,8H2,1-4H3. The van der Waals surface area contributed by atoms with Gasteiger partial charge in [-0.05, 0) is 19.1 Å². The summed E-state index contributed by atoms with van der Waals surface area (Å²) < 4.78 is 16.1. The molecule has 0 unspecified atom stereocenters. The summed E-state index contributed by atoms with van der Waals surface area (Å²) >= 11 is 0. The van der Waals surface area contributed by atoms with Gasteiger partial charge in [0.1, 0.15) is 0 Å². The second-order valence-corrected chi connectivity index (χ2v) is 3.25. The van der Waals surface area contributed by atoms with Gasteiger partial charge < -0.3 is 19.0 Å². The van der Waals surface area contributed by atoms with Gasteiger partial charge in [0.2, 0.25) is 5.75 Å². The highest BCUT2D eigenvalue weighted by Crippen LogP contribution is 2.39. The Hall–Kier alpha value is -1.46. The number of hydroxylamine groups is 1. The third kappa shape index (κ3) is 3.25. The Labute approximate surface area is 102 Å². The summed E-state index contributed by atoms with van der Waals surface area (Å²) in [6, 6.07) is 3.76. The van der Waals surface area contributed by atoms with Crippen LogP contribution in [-0.2, 0) is 11.4 Å². The number of nitrogens with one attached hydrogen (secondary N) is 1. The van der Waals surface area contributed by atoms with Crippen molar-refractivity contribution in [3.63, 3.8) is 0 Å². The summed E-state index contributed by atoms with van der Waals surface area (Å²) in [6.45, 7) is 3.02. The highest BCUT2D eigenvalue weighted by molar-refractivity contribution is 5.55. The first-order valence-corrected chi connectivity index (χ1v) is 5.40. The lowest BCUT2D eigenvalue weighted by atomic mass is 10.1. The van der Waals surface area contributed by atoms with E-state index in [0.29, 0.717) is 30.4 Å². The predicted molar refractivity (Wildman–Crippen MR) is 64.6 cm³/mol. The molecular weight excluding hydrogens is 222 g/mol. The lowest BCUT2D eigenvalue weighted by Crippen LogP contribution is -2.12. The van der Waals surface area contributed by atoms with E-state index in [-0.39, 0.29) is 0 Å². The Bertz CT molecular complexity index is 355. The van der Waals surface area contributed by atoms with Gasteiger partial charge in [-0.25, -0.2) is 0 Å². The fraction of sp³-hybridized carbons (Fsp3) is 0.500. The van der Waals surface area contributed by atoms with E-state index in [1.807, 2.05) is 19.1 Å². The molecule has 5 heteroatoms. The van der Waals surface area contributed by atoms with E-state index in [0.717, 1.165) is 5.56 Å². The monoisotopic (exact) mass is 241 g/mol. The van der Waals surface area contributed by atoms with E-state index in [2.05, 4.69) is 5.48 Å². The summed E-state index contributed by atoms with van der Waals surface area (Å²) in [5.74, 6) is 1.93. The fourth-order valence-corrected chi connectivity index (χ4v) is 1.53. The van der Waals surface area contributed by atoms with Crippen molar-refractivity contribution < 1.29 is 19.0 Å². The smallest absolute Gasteiger partial charge is 0.203 e. The molecule has 0 aliphatic heterocycles. The topological polar surface area (TPSA) is 49.0 Å². The van der Waals surface area contributed by atoms with Crippen LogP contribution in [0.5, 0.6) is 17.2 Å². The Morgan fingerprint density at radius 2 is 1.82 bits per heavy atom. The second-order valence-electron chi connectivity index (χ2n) is 3.25. The van der Waals surface area contributed by atoms with Gasteiger partial charge in [0, 0.05) is 12.1 Å². The summed E-state index contributed by atoms with van der Waals surface area (Å²) in [5.41, 5.74) is 3.73. The van der Waals surface area contributed by atoms with E-state index in [9.17, 15) is 0 Å². The van der Waals surface area contributed by atoms with Crippen molar-refractivity contribution in [2.75, 3.05) is 27.9 Å². The molecule has 0 atom stereocenters. The van der Waals surface area contributed by atoms with Gasteiger partial charge in [0.05, 0.1) is 27.9 Å². The maximum Gasteiger partial charge on any atom is 0.203 e. The van der Waals surface area contributed by atoms with Crippen molar-refractivity contribution in [3.8, 4) is 17.2 Å². The zero-order valence-electron chi connectivity index (χ0n) is 10.7. The minimum absolute atomic E-state index is 0.534. The molecule has 17 heavy (non-hydrogen) atoms. The minimum Gasteiger partial charge on any atom is -0.493 e. The zero-order valence-corrected chi connectivity index (χ0v) is 10.7. The molecule has 0 aliphatic rings. The van der Waals surface area contributed by atoms with Crippen LogP contribution >= 0.6 is 0 Å². The predicted octanol–water partition coefficient (Wildman–Crippen LogP) is 1.75. The number of methoxy groups -OCH3 is 2. The fourth-order valence-electron chi connectivity index (χ4n) is 1.53. The van der Waals surface area contributed by atoms with Gasteiger partial charge in [0.25, 0.3) is 0 Å². The van der Waals surface area contributed by atoms with Crippen LogP contribution < -0.4 is 19.7 Å². The molecule has 0 bridgehead atoms. The van der Waals surface area contributed by atoms with E-state index < -0.39 is 0 Å². The molecule has 0 amide bonds. The van der Waals surface area contributed by atoms with Gasteiger partial charge >= 0.3 is 0 Å². The first-order valence-electron chi connectivity index (χ1n) is 5.40. The Kier molecular flexibility index (Phi) is 5.59. The minimum atomic E-state index is 0.534. The summed E-state index contributed by atoms with van der Waals surface area (Å²) in [5, 5.41) is 0. The highest BCUT2D eigenvalue weighted by Gasteiger charge is 2.15. The molecule has 1 aromatic rings. The van der Waals surface area contributed by atoms with Crippen molar-refractivity contribution in [2.45, 2.75) is 13.5 Å². The van der Waals surface area contributed by atoms with E-state index in [4.69, 9.17) is 19.0 Å². The maximum atomic E-state index is 5.60. The summed E-state index contributed by atoms with van der Waals surface area (Å²) in [4.78, 5) is 4.83. The molecule has 0 saturated carbocycles. The summed E-state index contributed by atoms with van der Waals surface area (Å²) in [6.07, 6.45) is 0. The van der Waals surface area contributed by atoms with Crippen molar-refractivity contribution in [2.24, 2.45) is 0 Å². The lowest BCUT2D eigenvalue weighted by molar-refractivity contribution is 0.0858. The molecule has 0 saturated heterocycles. The molecule has 96 valence electrons. The molecule has 1 aromatic carbocycles. The van der Waals surface area contributed by atoms with Crippen LogP contribution in [0.15, 0.2) is 12.1 Å². The average Bonchev–Trinajstić information content (AvgIpc) is 2.37. The number of hydrogen-bond acceptors (Lipinski definition) is 5. The molecule has 0 heterocycles. The third-order valence-corrected chi connectivity index (χ3v) is 2.28. The molecule has 0 radical (unpaired) electrons. The van der Waals surface area contributed by atoms with Gasteiger partial charge in [-0.2, -0.15) is 5.48 Å². The molecule has 0 spiro atoms. The Morgan fingerprint density at radius 1 is 1.06 bits per heavy atom. The third-order valence-electron chi connectivity index (χ3n) is 2.28. The number of ether oxygens (including phenoxy) is 3. The van der Waals surface area contributed by atoms with Crippen LogP contribution in [0.3, 0.4) is 0 Å². The number of rotatable bonds is 7. The van der Waals surface area contributed by atoms with Crippen LogP contribution in [0.4, 0.5) is 0 Å².